The van der Waals surface area contributed by atoms with Crippen LogP contribution in [0, 0.1) is 5.92 Å². The van der Waals surface area contributed by atoms with Crippen LogP contribution in [0.2, 0.25) is 0 Å². The number of nitrogens with one attached hydrogen (secondary N) is 2. The summed E-state index contributed by atoms with van der Waals surface area (Å²) in [6, 6.07) is -1.85. The maximum atomic E-state index is 12.7. The van der Waals surface area contributed by atoms with Crippen LogP contribution in [0.4, 0.5) is 4.79 Å². The number of ether oxygens (including phenoxy) is 5. The Morgan fingerprint density at radius 1 is 1.13 bits per heavy atom. The van der Waals surface area contributed by atoms with E-state index < -0.39 is 72.0 Å². The van der Waals surface area contributed by atoms with Crippen LogP contribution < -0.4 is 10.6 Å². The summed E-state index contributed by atoms with van der Waals surface area (Å²) in [6.07, 6.45) is -3.37. The summed E-state index contributed by atoms with van der Waals surface area (Å²) in [5.74, 6) is -3.58. The van der Waals surface area contributed by atoms with Crippen LogP contribution in [0.25, 0.3) is 0 Å². The molecular weight excluding hydrogens is 400 g/mol. The summed E-state index contributed by atoms with van der Waals surface area (Å²) in [6.45, 7) is 9.96. The maximum absolute atomic E-state index is 12.7. The van der Waals surface area contributed by atoms with Crippen molar-refractivity contribution in [2.45, 2.75) is 89.6 Å². The van der Waals surface area contributed by atoms with Crippen molar-refractivity contribution in [1.82, 2.24) is 10.6 Å². The molecule has 170 valence electrons. The predicted molar refractivity (Wildman–Crippen MR) is 100 cm³/mol. The maximum Gasteiger partial charge on any atom is 0.408 e. The van der Waals surface area contributed by atoms with Gasteiger partial charge in [0.1, 0.15) is 35.9 Å². The predicted octanol–water partition coefficient (Wildman–Crippen LogP) is 0.360. The van der Waals surface area contributed by atoms with Gasteiger partial charge in [-0.05, 0) is 41.5 Å². The Morgan fingerprint density at radius 3 is 2.40 bits per heavy atom. The zero-order valence-corrected chi connectivity index (χ0v) is 18.0. The molecule has 3 N–H and O–H groups in total. The molecule has 0 aromatic rings. The van der Waals surface area contributed by atoms with E-state index in [4.69, 9.17) is 23.7 Å². The van der Waals surface area contributed by atoms with E-state index in [-0.39, 0.29) is 6.61 Å². The Balaban J connectivity index is 1.68. The minimum atomic E-state index is -1.13. The Hall–Kier alpha value is -1.95. The van der Waals surface area contributed by atoms with Crippen LogP contribution in [0.1, 0.15) is 41.5 Å². The lowest BCUT2D eigenvalue weighted by atomic mass is 9.88. The number of fused-ring (bicyclic) bond motifs is 3. The highest BCUT2D eigenvalue weighted by molar-refractivity contribution is 5.86. The number of hydrogen-bond acceptors (Lipinski definition) is 8. The second kappa shape index (κ2) is 7.95. The highest BCUT2D eigenvalue weighted by atomic mass is 16.8. The van der Waals surface area contributed by atoms with Crippen molar-refractivity contribution < 1.29 is 43.2 Å². The largest absolute Gasteiger partial charge is 0.481 e. The van der Waals surface area contributed by atoms with E-state index in [9.17, 15) is 19.5 Å². The SMILES string of the molecule is C[C@H](NC(=O)OC(C)(C)C)C(=O)N[C@@H]1[C@H]2O[C@@H]3OC(C)(C)O[C@@H]3[C@H]2OC[C@@H]1C(=O)O. The summed E-state index contributed by atoms with van der Waals surface area (Å²) in [4.78, 5) is 36.4. The molecule has 3 fully saturated rings. The topological polar surface area (TPSA) is 142 Å². The number of carboxylic acid groups (broad SMARTS) is 1. The fraction of sp³-hybridized carbons (Fsp3) is 0.842. The molecule has 0 aromatic heterocycles. The van der Waals surface area contributed by atoms with Crippen LogP contribution in [-0.4, -0.2) is 77.8 Å². The lowest BCUT2D eigenvalue weighted by Gasteiger charge is -2.39. The van der Waals surface area contributed by atoms with Gasteiger partial charge < -0.3 is 39.4 Å². The van der Waals surface area contributed by atoms with Crippen LogP contribution in [-0.2, 0) is 33.3 Å². The molecule has 11 nitrogen and oxygen atoms in total. The zero-order chi connectivity index (χ0) is 22.4. The molecule has 0 radical (unpaired) electrons. The highest BCUT2D eigenvalue weighted by Crippen LogP contribution is 2.42. The van der Waals surface area contributed by atoms with Crippen molar-refractivity contribution >= 4 is 18.0 Å². The lowest BCUT2D eigenvalue weighted by molar-refractivity contribution is -0.234. The fourth-order valence-electron chi connectivity index (χ4n) is 3.78. The minimum Gasteiger partial charge on any atom is -0.481 e. The third-order valence-corrected chi connectivity index (χ3v) is 5.04. The van der Waals surface area contributed by atoms with E-state index in [0.29, 0.717) is 0 Å². The van der Waals surface area contributed by atoms with E-state index in [1.807, 2.05) is 0 Å². The van der Waals surface area contributed by atoms with Gasteiger partial charge in [-0.3, -0.25) is 9.59 Å². The first-order chi connectivity index (χ1) is 13.8. The molecule has 3 rings (SSSR count). The van der Waals surface area contributed by atoms with Crippen LogP contribution in [0.15, 0.2) is 0 Å². The number of aliphatic carboxylic acids is 1. The van der Waals surface area contributed by atoms with E-state index in [0.717, 1.165) is 0 Å². The van der Waals surface area contributed by atoms with E-state index in [1.54, 1.807) is 34.6 Å². The zero-order valence-electron chi connectivity index (χ0n) is 18.0. The Morgan fingerprint density at radius 2 is 1.80 bits per heavy atom. The van der Waals surface area contributed by atoms with Crippen molar-refractivity contribution in [3.05, 3.63) is 0 Å². The summed E-state index contributed by atoms with van der Waals surface area (Å²) in [5.41, 5.74) is -0.716. The van der Waals surface area contributed by atoms with Crippen LogP contribution >= 0.6 is 0 Å². The number of carbonyl (C=O) groups excluding carboxylic acids is 2. The molecule has 0 spiro atoms. The van der Waals surface area contributed by atoms with Crippen molar-refractivity contribution in [2.75, 3.05) is 6.61 Å². The number of amides is 2. The Bertz CT molecular complexity index is 705. The molecule has 0 aromatic carbocycles. The average molecular weight is 430 g/mol. The molecule has 0 unspecified atom stereocenters. The molecule has 3 aliphatic rings. The first kappa shape index (κ1) is 22.7. The molecular formula is C19H30N2O9. The lowest BCUT2D eigenvalue weighted by Crippen LogP contribution is -2.62. The number of alkyl carbamates (subject to hydrolysis) is 1. The molecule has 0 aliphatic carbocycles. The second-order valence-electron chi connectivity index (χ2n) is 9.21. The molecule has 0 bridgehead atoms. The van der Waals surface area contributed by atoms with Crippen molar-refractivity contribution in [1.29, 1.82) is 0 Å². The first-order valence-corrected chi connectivity index (χ1v) is 9.93. The van der Waals surface area contributed by atoms with Crippen molar-refractivity contribution in [3.8, 4) is 0 Å². The van der Waals surface area contributed by atoms with Gasteiger partial charge in [-0.15, -0.1) is 0 Å². The van der Waals surface area contributed by atoms with Gasteiger partial charge in [0.25, 0.3) is 0 Å². The van der Waals surface area contributed by atoms with Crippen LogP contribution in [0.3, 0.4) is 0 Å². The fourth-order valence-corrected chi connectivity index (χ4v) is 3.78. The van der Waals surface area contributed by atoms with E-state index >= 15 is 0 Å². The molecule has 11 heteroatoms. The van der Waals surface area contributed by atoms with Gasteiger partial charge in [0, 0.05) is 0 Å². The van der Waals surface area contributed by atoms with Crippen molar-refractivity contribution in [3.63, 3.8) is 0 Å². The standard InChI is InChI=1S/C19H30N2O9/c1-8(20-17(25)30-18(2,3)4)14(22)21-10-9(15(23)24)7-26-12-11(10)27-16-13(12)28-19(5,6)29-16/h8-13,16H,7H2,1-6H3,(H,20,25)(H,21,22)(H,23,24)/t8-,9-,10-,11+,12-,13+,16+/m0/s1. The van der Waals surface area contributed by atoms with Crippen LogP contribution in [0.5, 0.6) is 0 Å². The third kappa shape index (κ3) is 4.85. The molecule has 7 atom stereocenters. The Labute approximate surface area is 174 Å². The Kier molecular flexibility index (Phi) is 6.02. The summed E-state index contributed by atoms with van der Waals surface area (Å²) in [5, 5.41) is 14.7. The van der Waals surface area contributed by atoms with Gasteiger partial charge in [-0.25, -0.2) is 4.79 Å². The molecule has 3 saturated heterocycles. The van der Waals surface area contributed by atoms with Gasteiger partial charge in [-0.1, -0.05) is 0 Å². The van der Waals surface area contributed by atoms with Gasteiger partial charge in [0.2, 0.25) is 5.91 Å². The van der Waals surface area contributed by atoms with Gasteiger partial charge in [-0.2, -0.15) is 0 Å². The molecule has 3 aliphatic heterocycles. The summed E-state index contributed by atoms with van der Waals surface area (Å²) in [7, 11) is 0. The molecule has 3 heterocycles. The monoisotopic (exact) mass is 430 g/mol. The smallest absolute Gasteiger partial charge is 0.408 e. The van der Waals surface area contributed by atoms with Crippen molar-refractivity contribution in [2.24, 2.45) is 5.92 Å². The number of carbonyl (C=O) groups is 3. The normalized spacial score (nSPS) is 35.7. The quantitative estimate of drug-likeness (QED) is 0.576. The minimum absolute atomic E-state index is 0.119. The summed E-state index contributed by atoms with van der Waals surface area (Å²) >= 11 is 0. The highest BCUT2D eigenvalue weighted by Gasteiger charge is 2.61. The van der Waals surface area contributed by atoms with Gasteiger partial charge in [0.05, 0.1) is 12.6 Å². The van der Waals surface area contributed by atoms with Gasteiger partial charge >= 0.3 is 12.1 Å². The number of rotatable bonds is 4. The molecule has 30 heavy (non-hydrogen) atoms. The van der Waals surface area contributed by atoms with Gasteiger partial charge in [0.15, 0.2) is 12.1 Å². The second-order valence-corrected chi connectivity index (χ2v) is 9.21. The van der Waals surface area contributed by atoms with E-state index in [2.05, 4.69) is 10.6 Å². The first-order valence-electron chi connectivity index (χ1n) is 9.93. The molecule has 0 saturated carbocycles. The molecule has 2 amide bonds. The average Bonchev–Trinajstić information content (AvgIpc) is 3.04. The third-order valence-electron chi connectivity index (χ3n) is 5.04. The number of hydrogen-bond donors (Lipinski definition) is 3. The number of carboxylic acids is 1. The summed E-state index contributed by atoms with van der Waals surface area (Å²) < 4.78 is 28.3. The van der Waals surface area contributed by atoms with E-state index in [1.165, 1.54) is 6.92 Å².